The molecule has 1 saturated heterocycles. The molecule has 3 rings (SSSR count). The Hall–Kier alpha value is -2.35. The smallest absolute Gasteiger partial charge is 0.222 e. The Balaban J connectivity index is 1.33. The molecule has 0 spiro atoms. The van der Waals surface area contributed by atoms with E-state index in [1.165, 1.54) is 12.1 Å². The van der Waals surface area contributed by atoms with Crippen molar-refractivity contribution in [1.82, 2.24) is 25.5 Å². The van der Waals surface area contributed by atoms with Crippen LogP contribution in [0.3, 0.4) is 0 Å². The van der Waals surface area contributed by atoms with Crippen LogP contribution in [0.2, 0.25) is 0 Å². The molecule has 0 saturated carbocycles. The summed E-state index contributed by atoms with van der Waals surface area (Å²) in [5.41, 5.74) is 0.930. The maximum Gasteiger partial charge on any atom is 0.222 e. The largest absolute Gasteiger partial charge is 0.393 e. The summed E-state index contributed by atoms with van der Waals surface area (Å²) in [6.45, 7) is 0.791. The summed E-state index contributed by atoms with van der Waals surface area (Å²) in [5, 5.41) is 24.2. The number of nitrogens with one attached hydrogen (secondary N) is 1. The molecule has 1 aliphatic rings. The molecule has 8 heteroatoms. The number of aromatic amines is 1. The number of aromatic nitrogens is 4. The van der Waals surface area contributed by atoms with Gasteiger partial charge in [-0.05, 0) is 56.2 Å². The molecule has 2 N–H and O–H groups in total. The first kappa shape index (κ1) is 21.4. The van der Waals surface area contributed by atoms with E-state index in [0.717, 1.165) is 62.9 Å². The maximum atomic E-state index is 13.0. The van der Waals surface area contributed by atoms with Crippen LogP contribution in [-0.4, -0.2) is 55.2 Å². The highest BCUT2D eigenvalue weighted by molar-refractivity contribution is 5.78. The van der Waals surface area contributed by atoms with E-state index in [9.17, 15) is 14.3 Å². The van der Waals surface area contributed by atoms with E-state index in [2.05, 4.69) is 20.6 Å². The number of carbonyl (C=O) groups is 1. The SMILES string of the molecule is O=C1CCC(CCC(O)Cc2ccc(F)cc2)N1CCCCCCc1nn[nH]n1. The van der Waals surface area contributed by atoms with Crippen LogP contribution < -0.4 is 0 Å². The minimum Gasteiger partial charge on any atom is -0.393 e. The number of H-pyrrole nitrogens is 1. The fourth-order valence-electron chi connectivity index (χ4n) is 3.99. The van der Waals surface area contributed by atoms with Crippen LogP contribution in [0.25, 0.3) is 0 Å². The Morgan fingerprint density at radius 1 is 1.21 bits per heavy atom. The number of hydrogen-bond acceptors (Lipinski definition) is 5. The molecular weight excluding hydrogens is 373 g/mol. The van der Waals surface area contributed by atoms with Gasteiger partial charge in [-0.15, -0.1) is 10.2 Å². The van der Waals surface area contributed by atoms with Gasteiger partial charge < -0.3 is 10.0 Å². The Morgan fingerprint density at radius 3 is 2.76 bits per heavy atom. The van der Waals surface area contributed by atoms with Crippen LogP contribution in [0.15, 0.2) is 24.3 Å². The average molecular weight is 404 g/mol. The molecule has 0 aliphatic carbocycles. The molecular formula is C21H30FN5O2. The number of aliphatic hydroxyl groups excluding tert-OH is 1. The van der Waals surface area contributed by atoms with E-state index < -0.39 is 6.10 Å². The Morgan fingerprint density at radius 2 is 2.00 bits per heavy atom. The van der Waals surface area contributed by atoms with Gasteiger partial charge in [-0.1, -0.05) is 30.2 Å². The third-order valence-electron chi connectivity index (χ3n) is 5.61. The van der Waals surface area contributed by atoms with Gasteiger partial charge in [0.25, 0.3) is 0 Å². The van der Waals surface area contributed by atoms with Crippen LogP contribution in [0.4, 0.5) is 4.39 Å². The molecule has 0 bridgehead atoms. The lowest BCUT2D eigenvalue weighted by Gasteiger charge is -2.25. The minimum absolute atomic E-state index is 0.227. The van der Waals surface area contributed by atoms with Crippen molar-refractivity contribution in [2.75, 3.05) is 6.54 Å². The van der Waals surface area contributed by atoms with E-state index in [1.807, 2.05) is 4.90 Å². The molecule has 2 aromatic rings. The van der Waals surface area contributed by atoms with Crippen LogP contribution >= 0.6 is 0 Å². The fourth-order valence-corrected chi connectivity index (χ4v) is 3.99. The molecule has 158 valence electrons. The van der Waals surface area contributed by atoms with Gasteiger partial charge in [0.15, 0.2) is 5.82 Å². The standard InChI is InChI=1S/C21H30FN5O2/c22-17-8-6-16(7-9-17)15-19(28)12-10-18-11-13-21(29)27(18)14-4-2-1-3-5-20-23-25-26-24-20/h6-9,18-19,28H,1-5,10-15H2,(H,23,24,25,26). The van der Waals surface area contributed by atoms with Gasteiger partial charge in [-0.2, -0.15) is 5.21 Å². The van der Waals surface area contributed by atoms with Gasteiger partial charge in [0.05, 0.1) is 6.10 Å². The fraction of sp³-hybridized carbons (Fsp3) is 0.619. The van der Waals surface area contributed by atoms with Crippen molar-refractivity contribution in [1.29, 1.82) is 0 Å². The van der Waals surface area contributed by atoms with E-state index in [1.54, 1.807) is 12.1 Å². The second kappa shape index (κ2) is 11.0. The summed E-state index contributed by atoms with van der Waals surface area (Å²) in [6.07, 6.45) is 7.98. The van der Waals surface area contributed by atoms with Gasteiger partial charge in [0, 0.05) is 25.4 Å². The first-order chi connectivity index (χ1) is 14.1. The second-order valence-corrected chi connectivity index (χ2v) is 7.83. The highest BCUT2D eigenvalue weighted by Crippen LogP contribution is 2.24. The Bertz CT molecular complexity index is 738. The van der Waals surface area contributed by atoms with Gasteiger partial charge in [0.1, 0.15) is 5.82 Å². The molecule has 2 heterocycles. The number of hydrogen-bond donors (Lipinski definition) is 2. The van der Waals surface area contributed by atoms with E-state index in [0.29, 0.717) is 19.3 Å². The summed E-state index contributed by atoms with van der Waals surface area (Å²) >= 11 is 0. The molecule has 1 aliphatic heterocycles. The molecule has 1 aromatic heterocycles. The number of rotatable bonds is 12. The number of amides is 1. The average Bonchev–Trinajstić information content (AvgIpc) is 3.35. The zero-order chi connectivity index (χ0) is 20.5. The van der Waals surface area contributed by atoms with E-state index >= 15 is 0 Å². The number of carbonyl (C=O) groups excluding carboxylic acids is 1. The van der Waals surface area contributed by atoms with Crippen molar-refractivity contribution < 1.29 is 14.3 Å². The number of likely N-dealkylation sites (tertiary alicyclic amines) is 1. The van der Waals surface area contributed by atoms with E-state index in [-0.39, 0.29) is 17.8 Å². The molecule has 1 fully saturated rings. The number of nitrogens with zero attached hydrogens (tertiary/aromatic N) is 4. The molecule has 29 heavy (non-hydrogen) atoms. The van der Waals surface area contributed by atoms with Crippen molar-refractivity contribution in [3.63, 3.8) is 0 Å². The predicted molar refractivity (Wildman–Crippen MR) is 106 cm³/mol. The topological polar surface area (TPSA) is 95.0 Å². The lowest BCUT2D eigenvalue weighted by molar-refractivity contribution is -0.129. The lowest BCUT2D eigenvalue weighted by atomic mass is 10.0. The third-order valence-corrected chi connectivity index (χ3v) is 5.61. The summed E-state index contributed by atoms with van der Waals surface area (Å²) in [5.74, 6) is 0.715. The number of aliphatic hydroxyl groups is 1. The number of aryl methyl sites for hydroxylation is 1. The Labute approximate surface area is 170 Å². The molecule has 2 unspecified atom stereocenters. The normalized spacial score (nSPS) is 17.8. The first-order valence-electron chi connectivity index (χ1n) is 10.6. The monoisotopic (exact) mass is 403 g/mol. The molecule has 7 nitrogen and oxygen atoms in total. The van der Waals surface area contributed by atoms with Gasteiger partial charge >= 0.3 is 0 Å². The van der Waals surface area contributed by atoms with Crippen LogP contribution in [-0.2, 0) is 17.6 Å². The third kappa shape index (κ3) is 6.88. The minimum atomic E-state index is -0.469. The summed E-state index contributed by atoms with van der Waals surface area (Å²) in [6, 6.07) is 6.49. The van der Waals surface area contributed by atoms with Crippen molar-refractivity contribution in [3.8, 4) is 0 Å². The van der Waals surface area contributed by atoms with Crippen LogP contribution in [0.1, 0.15) is 62.8 Å². The molecule has 1 aromatic carbocycles. The second-order valence-electron chi connectivity index (χ2n) is 7.83. The first-order valence-corrected chi connectivity index (χ1v) is 10.6. The number of halogens is 1. The van der Waals surface area contributed by atoms with Crippen molar-refractivity contribution in [2.24, 2.45) is 0 Å². The maximum absolute atomic E-state index is 13.0. The van der Waals surface area contributed by atoms with Gasteiger partial charge in [0.2, 0.25) is 5.91 Å². The van der Waals surface area contributed by atoms with Crippen molar-refractivity contribution in [2.45, 2.75) is 76.4 Å². The highest BCUT2D eigenvalue weighted by Gasteiger charge is 2.30. The molecule has 2 atom stereocenters. The zero-order valence-electron chi connectivity index (χ0n) is 16.8. The van der Waals surface area contributed by atoms with Gasteiger partial charge in [-0.3, -0.25) is 4.79 Å². The number of benzene rings is 1. The molecule has 1 amide bonds. The number of tetrazole rings is 1. The predicted octanol–water partition coefficient (Wildman–Crippen LogP) is 2.82. The summed E-state index contributed by atoms with van der Waals surface area (Å²) < 4.78 is 13.0. The Kier molecular flexibility index (Phi) is 8.10. The number of unbranched alkanes of at least 4 members (excludes halogenated alkanes) is 3. The summed E-state index contributed by atoms with van der Waals surface area (Å²) in [4.78, 5) is 14.2. The molecule has 0 radical (unpaired) electrons. The highest BCUT2D eigenvalue weighted by atomic mass is 19.1. The van der Waals surface area contributed by atoms with Crippen molar-refractivity contribution in [3.05, 3.63) is 41.5 Å². The van der Waals surface area contributed by atoms with Crippen LogP contribution in [0.5, 0.6) is 0 Å². The lowest BCUT2D eigenvalue weighted by Crippen LogP contribution is -2.34. The zero-order valence-corrected chi connectivity index (χ0v) is 16.8. The van der Waals surface area contributed by atoms with Crippen molar-refractivity contribution >= 4 is 5.91 Å². The summed E-state index contributed by atoms with van der Waals surface area (Å²) in [7, 11) is 0. The van der Waals surface area contributed by atoms with Crippen LogP contribution in [0, 0.1) is 5.82 Å². The van der Waals surface area contributed by atoms with E-state index in [4.69, 9.17) is 0 Å². The van der Waals surface area contributed by atoms with Gasteiger partial charge in [-0.25, -0.2) is 4.39 Å². The quantitative estimate of drug-likeness (QED) is 0.532.